The number of aromatic nitrogens is 2. The first-order valence-corrected chi connectivity index (χ1v) is 9.35. The fourth-order valence-corrected chi connectivity index (χ4v) is 3.87. The number of carbonyl (C=O) groups is 1. The molecular weight excluding hydrogens is 358 g/mol. The van der Waals surface area contributed by atoms with Crippen molar-refractivity contribution in [1.29, 1.82) is 0 Å². The van der Waals surface area contributed by atoms with Gasteiger partial charge >= 0.3 is 6.03 Å². The summed E-state index contributed by atoms with van der Waals surface area (Å²) in [4.78, 5) is 12.6. The van der Waals surface area contributed by atoms with Crippen LogP contribution in [0.2, 0.25) is 0 Å². The van der Waals surface area contributed by atoms with E-state index in [2.05, 4.69) is 44.3 Å². The molecule has 0 atom stereocenters. The lowest BCUT2D eigenvalue weighted by Gasteiger charge is -2.10. The van der Waals surface area contributed by atoms with Gasteiger partial charge in [0.2, 0.25) is 0 Å². The number of aromatic amines is 1. The molecule has 0 saturated carbocycles. The van der Waals surface area contributed by atoms with Crippen LogP contribution in [0, 0.1) is 6.92 Å². The first-order valence-electron chi connectivity index (χ1n) is 8.53. The third-order valence-corrected chi connectivity index (χ3v) is 5.39. The zero-order valence-corrected chi connectivity index (χ0v) is 15.8. The molecule has 27 heavy (non-hydrogen) atoms. The summed E-state index contributed by atoms with van der Waals surface area (Å²) in [6, 6.07) is 17.9. The van der Waals surface area contributed by atoms with Crippen molar-refractivity contribution in [2.45, 2.75) is 6.92 Å². The average molecular weight is 377 g/mol. The van der Waals surface area contributed by atoms with Gasteiger partial charge in [0.15, 0.2) is 5.82 Å². The topological polar surface area (TPSA) is 81.8 Å². The van der Waals surface area contributed by atoms with Crippen molar-refractivity contribution < 1.29 is 4.79 Å². The lowest BCUT2D eigenvalue weighted by atomic mass is 10.1. The van der Waals surface area contributed by atoms with Crippen LogP contribution < -0.4 is 16.0 Å². The highest BCUT2D eigenvalue weighted by atomic mass is 32.1. The molecule has 0 bridgehead atoms. The number of hydrogen-bond acceptors (Lipinski definition) is 4. The molecule has 2 aromatic carbocycles. The van der Waals surface area contributed by atoms with Gasteiger partial charge in [0.1, 0.15) is 0 Å². The molecule has 2 aromatic heterocycles. The van der Waals surface area contributed by atoms with Gasteiger partial charge in [0.05, 0.1) is 10.6 Å². The van der Waals surface area contributed by atoms with E-state index in [1.54, 1.807) is 18.4 Å². The van der Waals surface area contributed by atoms with Crippen LogP contribution in [-0.2, 0) is 0 Å². The molecule has 0 unspecified atom stereocenters. The molecule has 6 nitrogen and oxygen atoms in total. The number of nitrogens with one attached hydrogen (secondary N) is 4. The van der Waals surface area contributed by atoms with E-state index in [1.165, 1.54) is 10.1 Å². The Morgan fingerprint density at radius 1 is 1.11 bits per heavy atom. The van der Waals surface area contributed by atoms with Crippen LogP contribution >= 0.6 is 11.3 Å². The second kappa shape index (κ2) is 7.13. The van der Waals surface area contributed by atoms with Gasteiger partial charge in [-0.2, -0.15) is 5.10 Å². The minimum atomic E-state index is -0.240. The van der Waals surface area contributed by atoms with E-state index in [1.807, 2.05) is 43.3 Å². The second-order valence-corrected chi connectivity index (χ2v) is 7.26. The third-order valence-electron chi connectivity index (χ3n) is 4.24. The predicted octanol–water partition coefficient (Wildman–Crippen LogP) is 5.09. The maximum absolute atomic E-state index is 11.4. The van der Waals surface area contributed by atoms with Gasteiger partial charge in [-0.05, 0) is 48.2 Å². The maximum Gasteiger partial charge on any atom is 0.318 e. The van der Waals surface area contributed by atoms with Crippen LogP contribution in [0.25, 0.3) is 20.7 Å². The summed E-state index contributed by atoms with van der Waals surface area (Å²) in [5.41, 5.74) is 3.67. The molecule has 7 heteroatoms. The maximum atomic E-state index is 11.4. The minimum Gasteiger partial charge on any atom is -0.341 e. The molecule has 0 radical (unpaired) electrons. The van der Waals surface area contributed by atoms with Crippen molar-refractivity contribution in [1.82, 2.24) is 15.5 Å². The van der Waals surface area contributed by atoms with E-state index in [0.29, 0.717) is 0 Å². The Hall–Kier alpha value is -3.32. The number of amides is 2. The van der Waals surface area contributed by atoms with Crippen molar-refractivity contribution in [2.75, 3.05) is 17.7 Å². The molecule has 0 saturated heterocycles. The summed E-state index contributed by atoms with van der Waals surface area (Å²) in [5.74, 6) is 0.748. The van der Waals surface area contributed by atoms with Crippen molar-refractivity contribution in [2.24, 2.45) is 0 Å². The Morgan fingerprint density at radius 3 is 2.74 bits per heavy atom. The highest BCUT2D eigenvalue weighted by Gasteiger charge is 2.09. The van der Waals surface area contributed by atoms with Crippen molar-refractivity contribution in [3.05, 3.63) is 60.2 Å². The molecule has 4 rings (SSSR count). The number of H-pyrrole nitrogens is 1. The van der Waals surface area contributed by atoms with E-state index in [9.17, 15) is 4.79 Å². The normalized spacial score (nSPS) is 10.7. The molecule has 0 fully saturated rings. The molecule has 0 aliphatic rings. The number of carbonyl (C=O) groups excluding carboxylic acids is 1. The standard InChI is InChI=1S/C20H19N5OS/c1-12-9-14(22-20(26)21-2)7-8-15(12)23-19-11-16(24-25-19)18-10-13-5-3-4-6-17(13)27-18/h3-11H,1-2H3,(H2,21,22,26)(H2,23,24,25). The smallest absolute Gasteiger partial charge is 0.318 e. The van der Waals surface area contributed by atoms with Crippen LogP contribution in [-0.4, -0.2) is 23.3 Å². The van der Waals surface area contributed by atoms with Crippen molar-refractivity contribution in [3.8, 4) is 10.6 Å². The van der Waals surface area contributed by atoms with Gasteiger partial charge in [-0.3, -0.25) is 5.10 Å². The van der Waals surface area contributed by atoms with E-state index < -0.39 is 0 Å². The molecule has 0 spiro atoms. The van der Waals surface area contributed by atoms with Crippen molar-refractivity contribution >= 4 is 44.6 Å². The average Bonchev–Trinajstić information content (AvgIpc) is 3.30. The van der Waals surface area contributed by atoms with E-state index in [-0.39, 0.29) is 6.03 Å². The Morgan fingerprint density at radius 2 is 1.96 bits per heavy atom. The monoisotopic (exact) mass is 377 g/mol. The van der Waals surface area contributed by atoms with Crippen LogP contribution in [0.15, 0.2) is 54.6 Å². The number of nitrogens with zero attached hydrogens (tertiary/aromatic N) is 1. The first-order chi connectivity index (χ1) is 13.1. The van der Waals surface area contributed by atoms with E-state index in [4.69, 9.17) is 0 Å². The molecule has 4 aromatic rings. The van der Waals surface area contributed by atoms with Gasteiger partial charge in [0.25, 0.3) is 0 Å². The molecular formula is C20H19N5OS. The number of urea groups is 1. The summed E-state index contributed by atoms with van der Waals surface area (Å²) >= 11 is 1.74. The number of rotatable bonds is 4. The number of benzene rings is 2. The Labute approximate surface area is 160 Å². The quantitative estimate of drug-likeness (QED) is 0.400. The fourth-order valence-electron chi connectivity index (χ4n) is 2.84. The van der Waals surface area contributed by atoms with Crippen LogP contribution in [0.5, 0.6) is 0 Å². The predicted molar refractivity (Wildman–Crippen MR) is 112 cm³/mol. The third kappa shape index (κ3) is 3.63. The second-order valence-electron chi connectivity index (χ2n) is 6.17. The van der Waals surface area contributed by atoms with Gasteiger partial charge in [-0.25, -0.2) is 4.79 Å². The number of aryl methyl sites for hydroxylation is 1. The largest absolute Gasteiger partial charge is 0.341 e. The lowest BCUT2D eigenvalue weighted by molar-refractivity contribution is 0.254. The summed E-state index contributed by atoms with van der Waals surface area (Å²) in [6.45, 7) is 1.98. The SMILES string of the molecule is CNC(=O)Nc1ccc(Nc2cc(-c3cc4ccccc4s3)[nH]n2)c(C)c1. The first kappa shape index (κ1) is 17.1. The summed E-state index contributed by atoms with van der Waals surface area (Å²) < 4.78 is 1.26. The Bertz CT molecular complexity index is 1080. The van der Waals surface area contributed by atoms with Crippen LogP contribution in [0.4, 0.5) is 22.0 Å². The number of fused-ring (bicyclic) bond motifs is 1. The molecule has 136 valence electrons. The highest BCUT2D eigenvalue weighted by Crippen LogP contribution is 2.33. The number of anilines is 3. The Kier molecular flexibility index (Phi) is 4.52. The van der Waals surface area contributed by atoms with Gasteiger partial charge in [0, 0.05) is 29.2 Å². The van der Waals surface area contributed by atoms with Gasteiger partial charge in [-0.1, -0.05) is 18.2 Å². The summed E-state index contributed by atoms with van der Waals surface area (Å²) in [7, 11) is 1.59. The summed E-state index contributed by atoms with van der Waals surface area (Å²) in [5, 5.41) is 17.3. The van der Waals surface area contributed by atoms with Gasteiger partial charge in [-0.15, -0.1) is 11.3 Å². The van der Waals surface area contributed by atoms with Gasteiger partial charge < -0.3 is 16.0 Å². The van der Waals surface area contributed by atoms with E-state index >= 15 is 0 Å². The zero-order valence-electron chi connectivity index (χ0n) is 15.0. The highest BCUT2D eigenvalue weighted by molar-refractivity contribution is 7.22. The molecule has 0 aliphatic heterocycles. The van der Waals surface area contributed by atoms with Crippen LogP contribution in [0.3, 0.4) is 0 Å². The minimum absolute atomic E-state index is 0.240. The van der Waals surface area contributed by atoms with Crippen LogP contribution in [0.1, 0.15) is 5.56 Å². The zero-order chi connectivity index (χ0) is 18.8. The van der Waals surface area contributed by atoms with Crippen molar-refractivity contribution in [3.63, 3.8) is 0 Å². The van der Waals surface area contributed by atoms with E-state index in [0.717, 1.165) is 33.3 Å². The fraction of sp³-hybridized carbons (Fsp3) is 0.100. The number of hydrogen-bond donors (Lipinski definition) is 4. The summed E-state index contributed by atoms with van der Waals surface area (Å²) in [6.07, 6.45) is 0. The Balaban J connectivity index is 1.53. The molecule has 2 heterocycles. The lowest BCUT2D eigenvalue weighted by Crippen LogP contribution is -2.24. The molecule has 2 amide bonds. The molecule has 0 aliphatic carbocycles. The number of thiophene rings is 1. The molecule has 4 N–H and O–H groups in total.